The van der Waals surface area contributed by atoms with Gasteiger partial charge >= 0.3 is 0 Å². The number of hydrogen-bond acceptors (Lipinski definition) is 1. The van der Waals surface area contributed by atoms with Gasteiger partial charge < -0.3 is 0 Å². The zero-order valence-corrected chi connectivity index (χ0v) is 12.7. The van der Waals surface area contributed by atoms with Gasteiger partial charge in [-0.15, -0.1) is 0 Å². The van der Waals surface area contributed by atoms with Crippen LogP contribution in [0.25, 0.3) is 0 Å². The molecule has 2 aromatic rings. The highest BCUT2D eigenvalue weighted by Gasteiger charge is 2.19. The van der Waals surface area contributed by atoms with Gasteiger partial charge in [0.05, 0.1) is 5.02 Å². The fraction of sp³-hybridized carbons (Fsp3) is 0.0714. The highest BCUT2D eigenvalue weighted by Crippen LogP contribution is 2.25. The molecule has 0 bridgehead atoms. The molecule has 0 N–H and O–H groups in total. The molecule has 0 aliphatic carbocycles. The van der Waals surface area contributed by atoms with Crippen LogP contribution in [-0.4, -0.2) is 5.78 Å². The molecule has 0 unspecified atom stereocenters. The van der Waals surface area contributed by atoms with Crippen LogP contribution in [0.5, 0.6) is 0 Å². The summed E-state index contributed by atoms with van der Waals surface area (Å²) < 4.78 is 27.0. The van der Waals surface area contributed by atoms with E-state index in [1.54, 1.807) is 12.1 Å². The Morgan fingerprint density at radius 3 is 2.47 bits per heavy atom. The van der Waals surface area contributed by atoms with Crippen molar-refractivity contribution >= 4 is 40.0 Å². The van der Waals surface area contributed by atoms with Crippen LogP contribution in [-0.2, 0) is 0 Å². The largest absolute Gasteiger partial charge is 0.289 e. The Morgan fingerprint density at radius 2 is 1.79 bits per heavy atom. The van der Waals surface area contributed by atoms with Gasteiger partial charge in [-0.1, -0.05) is 23.7 Å². The van der Waals surface area contributed by atoms with Crippen molar-refractivity contribution in [3.05, 3.63) is 67.2 Å². The van der Waals surface area contributed by atoms with Crippen molar-refractivity contribution in [2.75, 3.05) is 0 Å². The smallest absolute Gasteiger partial charge is 0.195 e. The molecular weight excluding hydrogens is 385 g/mol. The predicted molar refractivity (Wildman–Crippen MR) is 78.7 cm³/mol. The Kier molecular flexibility index (Phi) is 4.20. The second kappa shape index (κ2) is 5.54. The zero-order chi connectivity index (χ0) is 14.2. The monoisotopic (exact) mass is 392 g/mol. The number of carbonyl (C=O) groups excluding carboxylic acids is 1. The molecule has 1 nitrogen and oxygen atoms in total. The highest BCUT2D eigenvalue weighted by molar-refractivity contribution is 14.1. The number of benzene rings is 2. The summed E-state index contributed by atoms with van der Waals surface area (Å²) in [5.74, 6) is -2.58. The molecule has 0 saturated carbocycles. The van der Waals surface area contributed by atoms with Gasteiger partial charge in [0, 0.05) is 14.7 Å². The first kappa shape index (κ1) is 14.4. The van der Waals surface area contributed by atoms with Crippen LogP contribution in [0.1, 0.15) is 21.5 Å². The number of rotatable bonds is 2. The van der Waals surface area contributed by atoms with Crippen molar-refractivity contribution in [1.82, 2.24) is 0 Å². The lowest BCUT2D eigenvalue weighted by Gasteiger charge is -2.08. The van der Waals surface area contributed by atoms with Crippen molar-refractivity contribution < 1.29 is 13.6 Å². The summed E-state index contributed by atoms with van der Waals surface area (Å²) in [5, 5.41) is -0.0961. The summed E-state index contributed by atoms with van der Waals surface area (Å²) in [7, 11) is 0. The van der Waals surface area contributed by atoms with E-state index in [1.807, 2.05) is 35.6 Å². The lowest BCUT2D eigenvalue weighted by molar-refractivity contribution is 0.103. The zero-order valence-electron chi connectivity index (χ0n) is 9.81. The van der Waals surface area contributed by atoms with Gasteiger partial charge in [-0.05, 0) is 53.3 Å². The Morgan fingerprint density at radius 1 is 1.16 bits per heavy atom. The summed E-state index contributed by atoms with van der Waals surface area (Å²) in [4.78, 5) is 12.3. The molecule has 0 radical (unpaired) electrons. The summed E-state index contributed by atoms with van der Waals surface area (Å²) >= 11 is 7.85. The van der Waals surface area contributed by atoms with Crippen molar-refractivity contribution in [2.24, 2.45) is 0 Å². The summed E-state index contributed by atoms with van der Waals surface area (Å²) in [6.07, 6.45) is 0. The van der Waals surface area contributed by atoms with Crippen molar-refractivity contribution in [3.8, 4) is 0 Å². The van der Waals surface area contributed by atoms with Gasteiger partial charge in [0.1, 0.15) is 0 Å². The molecule has 0 heterocycles. The minimum atomic E-state index is -1.09. The van der Waals surface area contributed by atoms with Gasteiger partial charge in [0.2, 0.25) is 0 Å². The van der Waals surface area contributed by atoms with Gasteiger partial charge in [-0.25, -0.2) is 8.78 Å². The first-order valence-corrected chi connectivity index (χ1v) is 6.82. The second-order valence-electron chi connectivity index (χ2n) is 4.01. The first-order chi connectivity index (χ1) is 8.91. The Hall–Kier alpha value is -1.01. The van der Waals surface area contributed by atoms with Crippen LogP contribution >= 0.6 is 34.2 Å². The molecule has 2 aromatic carbocycles. The molecule has 0 aliphatic rings. The van der Waals surface area contributed by atoms with Crippen LogP contribution in [0.2, 0.25) is 5.02 Å². The Balaban J connectivity index is 2.56. The number of ketones is 1. The van der Waals surface area contributed by atoms with E-state index in [1.165, 1.54) is 0 Å². The molecule has 0 atom stereocenters. The molecule has 0 spiro atoms. The summed E-state index contributed by atoms with van der Waals surface area (Å²) in [6.45, 7) is 1.87. The van der Waals surface area contributed by atoms with Crippen LogP contribution < -0.4 is 0 Å². The van der Waals surface area contributed by atoms with E-state index in [0.29, 0.717) is 5.56 Å². The second-order valence-corrected chi connectivity index (χ2v) is 5.50. The normalized spacial score (nSPS) is 10.6. The van der Waals surface area contributed by atoms with Gasteiger partial charge in [-0.3, -0.25) is 4.79 Å². The van der Waals surface area contributed by atoms with E-state index in [9.17, 15) is 13.6 Å². The van der Waals surface area contributed by atoms with E-state index in [-0.39, 0.29) is 10.6 Å². The first-order valence-electron chi connectivity index (χ1n) is 5.36. The Labute approximate surface area is 127 Å². The van der Waals surface area contributed by atoms with Gasteiger partial charge in [-0.2, -0.15) is 0 Å². The molecule has 5 heteroatoms. The maximum absolute atomic E-state index is 13.2. The average Bonchev–Trinajstić information content (AvgIpc) is 2.36. The SMILES string of the molecule is Cc1cccc(C(=O)c2cc(F)c(F)cc2Cl)c1I. The van der Waals surface area contributed by atoms with Gasteiger partial charge in [0.25, 0.3) is 0 Å². The predicted octanol–water partition coefficient (Wildman–Crippen LogP) is 4.76. The molecule has 98 valence electrons. The van der Waals surface area contributed by atoms with Crippen LogP contribution in [0.4, 0.5) is 8.78 Å². The maximum atomic E-state index is 13.2. The molecular formula is C14H8ClF2IO. The molecule has 19 heavy (non-hydrogen) atoms. The van der Waals surface area contributed by atoms with Crippen LogP contribution in [0.3, 0.4) is 0 Å². The third-order valence-corrected chi connectivity index (χ3v) is 4.44. The average molecular weight is 393 g/mol. The fourth-order valence-electron chi connectivity index (χ4n) is 1.66. The minimum Gasteiger partial charge on any atom is -0.289 e. The number of aryl methyl sites for hydroxylation is 1. The van der Waals surface area contributed by atoms with Crippen molar-refractivity contribution in [2.45, 2.75) is 6.92 Å². The summed E-state index contributed by atoms with van der Waals surface area (Å²) in [6, 6.07) is 6.88. The third kappa shape index (κ3) is 2.79. The maximum Gasteiger partial charge on any atom is 0.195 e. The van der Waals surface area contributed by atoms with E-state index in [2.05, 4.69) is 0 Å². The van der Waals surface area contributed by atoms with E-state index in [0.717, 1.165) is 21.3 Å². The third-order valence-electron chi connectivity index (χ3n) is 2.69. The number of hydrogen-bond donors (Lipinski definition) is 0. The fourth-order valence-corrected chi connectivity index (χ4v) is 2.51. The Bertz CT molecular complexity index is 671. The summed E-state index contributed by atoms with van der Waals surface area (Å²) in [5.41, 5.74) is 1.32. The van der Waals surface area contributed by atoms with E-state index < -0.39 is 17.4 Å². The molecule has 0 amide bonds. The van der Waals surface area contributed by atoms with E-state index in [4.69, 9.17) is 11.6 Å². The van der Waals surface area contributed by atoms with Crippen LogP contribution in [0, 0.1) is 22.1 Å². The van der Waals surface area contributed by atoms with E-state index >= 15 is 0 Å². The molecule has 0 aromatic heterocycles. The molecule has 0 saturated heterocycles. The standard InChI is InChI=1S/C14H8ClF2IO/c1-7-3-2-4-8(13(7)18)14(19)9-5-11(16)12(17)6-10(9)15/h2-6H,1H3. The molecule has 2 rings (SSSR count). The number of carbonyl (C=O) groups is 1. The molecule has 0 fully saturated rings. The lowest BCUT2D eigenvalue weighted by Crippen LogP contribution is -2.06. The molecule has 0 aliphatic heterocycles. The minimum absolute atomic E-state index is 0.0379. The van der Waals surface area contributed by atoms with Crippen molar-refractivity contribution in [3.63, 3.8) is 0 Å². The topological polar surface area (TPSA) is 17.1 Å². The lowest BCUT2D eigenvalue weighted by atomic mass is 10.0. The van der Waals surface area contributed by atoms with Crippen LogP contribution in [0.15, 0.2) is 30.3 Å². The van der Waals surface area contributed by atoms with Gasteiger partial charge in [0.15, 0.2) is 17.4 Å². The van der Waals surface area contributed by atoms with Crippen molar-refractivity contribution in [1.29, 1.82) is 0 Å². The highest BCUT2D eigenvalue weighted by atomic mass is 127. The number of halogens is 4. The quantitative estimate of drug-likeness (QED) is 0.409.